The molecule has 0 aliphatic carbocycles. The quantitative estimate of drug-likeness (QED) is 0.854. The number of hydrogen-bond acceptors (Lipinski definition) is 2. The summed E-state index contributed by atoms with van der Waals surface area (Å²) in [6, 6.07) is 7.05. The molecule has 1 atom stereocenters. The number of amides is 1. The van der Waals surface area contributed by atoms with Crippen molar-refractivity contribution in [1.82, 2.24) is 9.47 Å². The third-order valence-corrected chi connectivity index (χ3v) is 3.89. The minimum Gasteiger partial charge on any atom is -0.378 e. The van der Waals surface area contributed by atoms with Crippen LogP contribution in [0, 0.1) is 11.6 Å². The van der Waals surface area contributed by atoms with Gasteiger partial charge in [-0.3, -0.25) is 4.79 Å². The zero-order chi connectivity index (χ0) is 15.7. The van der Waals surface area contributed by atoms with Crippen LogP contribution in [0.2, 0.25) is 0 Å². The van der Waals surface area contributed by atoms with Gasteiger partial charge in [0.25, 0.3) is 5.91 Å². The van der Waals surface area contributed by atoms with Crippen molar-refractivity contribution < 1.29 is 18.3 Å². The summed E-state index contributed by atoms with van der Waals surface area (Å²) in [6.45, 7) is 1.46. The zero-order valence-electron chi connectivity index (χ0n) is 12.1. The van der Waals surface area contributed by atoms with Gasteiger partial charge in [-0.05, 0) is 30.3 Å². The van der Waals surface area contributed by atoms with Gasteiger partial charge in [0.2, 0.25) is 0 Å². The summed E-state index contributed by atoms with van der Waals surface area (Å²) in [6.07, 6.45) is 1.79. The maximum atomic E-state index is 13.3. The zero-order valence-corrected chi connectivity index (χ0v) is 12.1. The van der Waals surface area contributed by atoms with Gasteiger partial charge in [0.05, 0.1) is 19.2 Å². The van der Waals surface area contributed by atoms with Gasteiger partial charge in [-0.1, -0.05) is 0 Å². The van der Waals surface area contributed by atoms with E-state index in [4.69, 9.17) is 4.74 Å². The molecule has 0 spiro atoms. The molecule has 6 heteroatoms. The largest absolute Gasteiger partial charge is 0.378 e. The van der Waals surface area contributed by atoms with Crippen molar-refractivity contribution >= 4 is 5.91 Å². The first-order valence-electron chi connectivity index (χ1n) is 6.99. The predicted molar refractivity (Wildman–Crippen MR) is 76.3 cm³/mol. The summed E-state index contributed by atoms with van der Waals surface area (Å²) >= 11 is 0. The molecule has 1 aliphatic heterocycles. The molecule has 1 aromatic carbocycles. The van der Waals surface area contributed by atoms with E-state index in [1.54, 1.807) is 12.0 Å². The fraction of sp³-hybridized carbons (Fsp3) is 0.312. The van der Waals surface area contributed by atoms with Crippen LogP contribution in [-0.2, 0) is 17.8 Å². The third kappa shape index (κ3) is 2.74. The Morgan fingerprint density at radius 1 is 1.23 bits per heavy atom. The number of ether oxygens (including phenoxy) is 1. The maximum Gasteiger partial charge on any atom is 0.254 e. The molecule has 2 heterocycles. The molecule has 22 heavy (non-hydrogen) atoms. The van der Waals surface area contributed by atoms with E-state index in [0.717, 1.165) is 17.8 Å². The average molecular weight is 306 g/mol. The summed E-state index contributed by atoms with van der Waals surface area (Å²) in [5.41, 5.74) is 1.12. The lowest BCUT2D eigenvalue weighted by Gasteiger charge is -2.23. The van der Waals surface area contributed by atoms with Gasteiger partial charge in [-0.15, -0.1) is 0 Å². The fourth-order valence-corrected chi connectivity index (χ4v) is 2.67. The molecule has 0 radical (unpaired) electrons. The summed E-state index contributed by atoms with van der Waals surface area (Å²) in [7, 11) is 1.60. The Bertz CT molecular complexity index is 699. The molecule has 1 amide bonds. The van der Waals surface area contributed by atoms with E-state index in [-0.39, 0.29) is 17.6 Å². The Morgan fingerprint density at radius 2 is 2.05 bits per heavy atom. The van der Waals surface area contributed by atoms with Gasteiger partial charge in [0.1, 0.15) is 0 Å². The molecule has 0 unspecified atom stereocenters. The highest BCUT2D eigenvalue weighted by atomic mass is 19.2. The summed E-state index contributed by atoms with van der Waals surface area (Å²) in [5, 5.41) is 0. The second-order valence-corrected chi connectivity index (χ2v) is 5.32. The predicted octanol–water partition coefficient (Wildman–Crippen LogP) is 2.44. The van der Waals surface area contributed by atoms with Crippen molar-refractivity contribution in [2.45, 2.75) is 19.2 Å². The average Bonchev–Trinajstić information content (AvgIpc) is 2.87. The second-order valence-electron chi connectivity index (χ2n) is 5.32. The highest BCUT2D eigenvalue weighted by molar-refractivity contribution is 5.94. The number of fused-ring (bicyclic) bond motifs is 1. The molecular formula is C16H16F2N2O2. The van der Waals surface area contributed by atoms with Gasteiger partial charge in [0.15, 0.2) is 11.6 Å². The number of aromatic nitrogens is 1. The Balaban J connectivity index is 1.89. The number of hydrogen-bond donors (Lipinski definition) is 0. The van der Waals surface area contributed by atoms with Crippen molar-refractivity contribution in [2.24, 2.45) is 0 Å². The van der Waals surface area contributed by atoms with E-state index in [2.05, 4.69) is 0 Å². The topological polar surface area (TPSA) is 34.5 Å². The van der Waals surface area contributed by atoms with E-state index in [9.17, 15) is 13.6 Å². The van der Waals surface area contributed by atoms with E-state index in [1.807, 2.05) is 22.9 Å². The van der Waals surface area contributed by atoms with E-state index < -0.39 is 11.6 Å². The summed E-state index contributed by atoms with van der Waals surface area (Å²) in [5.74, 6) is -2.32. The lowest BCUT2D eigenvalue weighted by atomic mass is 10.1. The van der Waals surface area contributed by atoms with Crippen molar-refractivity contribution in [3.8, 4) is 0 Å². The Morgan fingerprint density at radius 3 is 2.77 bits per heavy atom. The minimum atomic E-state index is -1.02. The highest BCUT2D eigenvalue weighted by Crippen LogP contribution is 2.18. The molecule has 0 bridgehead atoms. The van der Waals surface area contributed by atoms with Gasteiger partial charge in [-0.25, -0.2) is 8.78 Å². The number of benzene rings is 1. The number of carbonyl (C=O) groups excluding carboxylic acids is 1. The van der Waals surface area contributed by atoms with Gasteiger partial charge in [0, 0.05) is 31.1 Å². The molecule has 2 aromatic rings. The van der Waals surface area contributed by atoms with Crippen LogP contribution in [0.5, 0.6) is 0 Å². The van der Waals surface area contributed by atoms with Crippen molar-refractivity contribution in [1.29, 1.82) is 0 Å². The Labute approximate surface area is 126 Å². The molecule has 4 nitrogen and oxygen atoms in total. The highest BCUT2D eigenvalue weighted by Gasteiger charge is 2.25. The standard InChI is InChI=1S/C16H16F2N2O2/c1-22-13-9-19-6-2-3-12(19)8-20(10-13)16(21)11-4-5-14(17)15(18)7-11/h2-7,13H,8-10H2,1H3/t13-/m0/s1. The van der Waals surface area contributed by atoms with Crippen LogP contribution in [0.1, 0.15) is 16.1 Å². The minimum absolute atomic E-state index is 0.133. The second kappa shape index (κ2) is 5.88. The van der Waals surface area contributed by atoms with E-state index in [1.165, 1.54) is 6.07 Å². The molecule has 3 rings (SSSR count). The molecule has 1 aliphatic rings. The smallest absolute Gasteiger partial charge is 0.254 e. The molecule has 0 saturated carbocycles. The number of methoxy groups -OCH3 is 1. The fourth-order valence-electron chi connectivity index (χ4n) is 2.67. The molecular weight excluding hydrogens is 290 g/mol. The SMILES string of the molecule is CO[C@@H]1CN(C(=O)c2ccc(F)c(F)c2)Cc2cccn2C1. The lowest BCUT2D eigenvalue weighted by molar-refractivity contribution is 0.0458. The number of halogens is 2. The monoisotopic (exact) mass is 306 g/mol. The summed E-state index contributed by atoms with van der Waals surface area (Å²) in [4.78, 5) is 14.2. The number of carbonyl (C=O) groups is 1. The maximum absolute atomic E-state index is 13.3. The molecule has 116 valence electrons. The number of nitrogens with zero attached hydrogens (tertiary/aromatic N) is 2. The van der Waals surface area contributed by atoms with Crippen LogP contribution in [0.15, 0.2) is 36.5 Å². The third-order valence-electron chi connectivity index (χ3n) is 3.89. The molecule has 1 aromatic heterocycles. The van der Waals surface area contributed by atoms with Crippen molar-refractivity contribution in [3.63, 3.8) is 0 Å². The summed E-state index contributed by atoms with van der Waals surface area (Å²) < 4.78 is 33.8. The number of rotatable bonds is 2. The molecule has 0 N–H and O–H groups in total. The van der Waals surface area contributed by atoms with Crippen molar-refractivity contribution in [2.75, 3.05) is 13.7 Å². The molecule has 0 fully saturated rings. The van der Waals surface area contributed by atoms with Crippen LogP contribution in [0.25, 0.3) is 0 Å². The Hall–Kier alpha value is -2.21. The normalized spacial score (nSPS) is 18.0. The first-order valence-corrected chi connectivity index (χ1v) is 6.99. The Kier molecular flexibility index (Phi) is 3.94. The van der Waals surface area contributed by atoms with Crippen LogP contribution >= 0.6 is 0 Å². The van der Waals surface area contributed by atoms with Crippen molar-refractivity contribution in [3.05, 3.63) is 59.4 Å². The first-order chi connectivity index (χ1) is 10.6. The lowest BCUT2D eigenvalue weighted by Crippen LogP contribution is -2.36. The van der Waals surface area contributed by atoms with Crippen LogP contribution in [0.4, 0.5) is 8.78 Å². The molecule has 0 saturated heterocycles. The van der Waals surface area contributed by atoms with E-state index >= 15 is 0 Å². The van der Waals surface area contributed by atoms with Gasteiger partial charge in [-0.2, -0.15) is 0 Å². The first kappa shape index (κ1) is 14.7. The van der Waals surface area contributed by atoms with Gasteiger partial charge >= 0.3 is 0 Å². The van der Waals surface area contributed by atoms with Crippen LogP contribution in [-0.4, -0.2) is 35.1 Å². The van der Waals surface area contributed by atoms with Crippen LogP contribution < -0.4 is 0 Å². The van der Waals surface area contributed by atoms with E-state index in [0.29, 0.717) is 19.6 Å². The van der Waals surface area contributed by atoms with Crippen LogP contribution in [0.3, 0.4) is 0 Å². The van der Waals surface area contributed by atoms with Gasteiger partial charge < -0.3 is 14.2 Å².